The third kappa shape index (κ3) is 7.38. The molecule has 2 rings (SSSR count). The van der Waals surface area contributed by atoms with Crippen molar-refractivity contribution < 1.29 is 18.7 Å². The van der Waals surface area contributed by atoms with Gasteiger partial charge in [-0.05, 0) is 42.8 Å². The van der Waals surface area contributed by atoms with Gasteiger partial charge in [-0.2, -0.15) is 0 Å². The van der Waals surface area contributed by atoms with Gasteiger partial charge in [0.1, 0.15) is 11.6 Å². The van der Waals surface area contributed by atoms with Gasteiger partial charge >= 0.3 is 0 Å². The molecule has 0 bridgehead atoms. The van der Waals surface area contributed by atoms with Gasteiger partial charge in [-0.25, -0.2) is 4.39 Å². The highest BCUT2D eigenvalue weighted by Crippen LogP contribution is 2.17. The van der Waals surface area contributed by atoms with Crippen molar-refractivity contribution in [3.63, 3.8) is 0 Å². The van der Waals surface area contributed by atoms with Crippen molar-refractivity contribution in [2.75, 3.05) is 19.7 Å². The van der Waals surface area contributed by atoms with E-state index in [0.717, 1.165) is 10.0 Å². The summed E-state index contributed by atoms with van der Waals surface area (Å²) in [6.07, 6.45) is 0.186. The molecule has 0 atom stereocenters. The number of hydrogen-bond acceptors (Lipinski definition) is 3. The molecule has 7 heteroatoms. The SMILES string of the molecule is CCN(CC(=O)NCc1ccc(F)cc1)C(=O)CCOc1cccc(Br)c1. The zero-order valence-electron chi connectivity index (χ0n) is 15.1. The number of halogens is 2. The molecule has 0 heterocycles. The highest BCUT2D eigenvalue weighted by Gasteiger charge is 2.15. The summed E-state index contributed by atoms with van der Waals surface area (Å²) in [6.45, 7) is 2.76. The van der Waals surface area contributed by atoms with Gasteiger partial charge in [-0.15, -0.1) is 0 Å². The van der Waals surface area contributed by atoms with Crippen LogP contribution < -0.4 is 10.1 Å². The average molecular weight is 437 g/mol. The lowest BCUT2D eigenvalue weighted by atomic mass is 10.2. The molecular weight excluding hydrogens is 415 g/mol. The van der Waals surface area contributed by atoms with Crippen LogP contribution in [0.4, 0.5) is 4.39 Å². The van der Waals surface area contributed by atoms with E-state index < -0.39 is 0 Å². The van der Waals surface area contributed by atoms with Crippen LogP contribution in [0.2, 0.25) is 0 Å². The van der Waals surface area contributed by atoms with E-state index in [2.05, 4.69) is 21.2 Å². The Hall–Kier alpha value is -2.41. The molecular formula is C20H22BrFN2O3. The van der Waals surface area contributed by atoms with E-state index in [0.29, 0.717) is 12.3 Å². The molecule has 1 N–H and O–H groups in total. The Kier molecular flexibility index (Phi) is 8.26. The molecule has 0 aliphatic rings. The molecule has 0 fully saturated rings. The first-order chi connectivity index (χ1) is 13.0. The number of nitrogens with one attached hydrogen (secondary N) is 1. The van der Waals surface area contributed by atoms with E-state index in [9.17, 15) is 14.0 Å². The van der Waals surface area contributed by atoms with E-state index >= 15 is 0 Å². The standard InChI is InChI=1S/C20H22BrFN2O3/c1-2-24(14-19(25)23-13-15-6-8-17(22)9-7-15)20(26)10-11-27-18-5-3-4-16(21)12-18/h3-9,12H,2,10-11,13-14H2,1H3,(H,23,25). The van der Waals surface area contributed by atoms with E-state index in [1.54, 1.807) is 12.1 Å². The number of nitrogens with zero attached hydrogens (tertiary/aromatic N) is 1. The summed E-state index contributed by atoms with van der Waals surface area (Å²) in [5.41, 5.74) is 0.793. The number of hydrogen-bond donors (Lipinski definition) is 1. The Morgan fingerprint density at radius 2 is 1.93 bits per heavy atom. The Balaban J connectivity index is 1.74. The molecule has 0 radical (unpaired) electrons. The molecule has 2 aromatic rings. The van der Waals surface area contributed by atoms with Crippen molar-refractivity contribution in [2.45, 2.75) is 19.9 Å². The van der Waals surface area contributed by atoms with Crippen molar-refractivity contribution >= 4 is 27.7 Å². The first-order valence-electron chi connectivity index (χ1n) is 8.65. The molecule has 0 unspecified atom stereocenters. The van der Waals surface area contributed by atoms with Crippen molar-refractivity contribution in [3.05, 3.63) is 64.4 Å². The fraction of sp³-hybridized carbons (Fsp3) is 0.300. The fourth-order valence-corrected chi connectivity index (χ4v) is 2.76. The number of carbonyl (C=O) groups excluding carboxylic acids is 2. The normalized spacial score (nSPS) is 10.3. The summed E-state index contributed by atoms with van der Waals surface area (Å²) >= 11 is 3.36. The van der Waals surface area contributed by atoms with Gasteiger partial charge in [-0.1, -0.05) is 34.1 Å². The van der Waals surface area contributed by atoms with Gasteiger partial charge in [0.2, 0.25) is 11.8 Å². The Labute approximate surface area is 166 Å². The van der Waals surface area contributed by atoms with Crippen molar-refractivity contribution in [1.82, 2.24) is 10.2 Å². The molecule has 0 saturated carbocycles. The maximum Gasteiger partial charge on any atom is 0.239 e. The molecule has 0 spiro atoms. The van der Waals surface area contributed by atoms with Crippen LogP contribution in [0.3, 0.4) is 0 Å². The molecule has 2 aromatic carbocycles. The minimum atomic E-state index is -0.321. The van der Waals surface area contributed by atoms with Crippen molar-refractivity contribution in [3.8, 4) is 5.75 Å². The molecule has 27 heavy (non-hydrogen) atoms. The topological polar surface area (TPSA) is 58.6 Å². The molecule has 144 valence electrons. The first-order valence-corrected chi connectivity index (χ1v) is 9.44. The molecule has 0 aliphatic heterocycles. The number of benzene rings is 2. The zero-order chi connectivity index (χ0) is 19.6. The van der Waals surface area contributed by atoms with Crippen LogP contribution in [0.15, 0.2) is 53.0 Å². The van der Waals surface area contributed by atoms with Gasteiger partial charge in [0, 0.05) is 17.6 Å². The predicted molar refractivity (Wildman–Crippen MR) is 105 cm³/mol. The monoisotopic (exact) mass is 436 g/mol. The molecule has 0 aliphatic carbocycles. The average Bonchev–Trinajstić information content (AvgIpc) is 2.65. The van der Waals surface area contributed by atoms with Gasteiger partial charge in [0.15, 0.2) is 0 Å². The van der Waals surface area contributed by atoms with E-state index in [-0.39, 0.29) is 43.7 Å². The summed E-state index contributed by atoms with van der Waals surface area (Å²) in [4.78, 5) is 25.8. The summed E-state index contributed by atoms with van der Waals surface area (Å²) in [5, 5.41) is 2.73. The minimum Gasteiger partial charge on any atom is -0.493 e. The van der Waals surface area contributed by atoms with E-state index in [1.165, 1.54) is 17.0 Å². The Bertz CT molecular complexity index is 768. The third-order valence-corrected chi connectivity index (χ3v) is 4.35. The lowest BCUT2D eigenvalue weighted by Crippen LogP contribution is -2.40. The quantitative estimate of drug-likeness (QED) is 0.653. The van der Waals surface area contributed by atoms with Crippen molar-refractivity contribution in [1.29, 1.82) is 0 Å². The smallest absolute Gasteiger partial charge is 0.239 e. The maximum absolute atomic E-state index is 12.9. The Morgan fingerprint density at radius 1 is 1.19 bits per heavy atom. The fourth-order valence-electron chi connectivity index (χ4n) is 2.38. The first kappa shape index (κ1) is 20.9. The van der Waals surface area contributed by atoms with Crippen molar-refractivity contribution in [2.24, 2.45) is 0 Å². The molecule has 5 nitrogen and oxygen atoms in total. The second kappa shape index (κ2) is 10.7. The Morgan fingerprint density at radius 3 is 2.59 bits per heavy atom. The zero-order valence-corrected chi connectivity index (χ0v) is 16.7. The lowest BCUT2D eigenvalue weighted by Gasteiger charge is -2.20. The number of rotatable bonds is 9. The van der Waals surface area contributed by atoms with Crippen LogP contribution in [0.1, 0.15) is 18.9 Å². The highest BCUT2D eigenvalue weighted by atomic mass is 79.9. The van der Waals surface area contributed by atoms with Gasteiger partial charge < -0.3 is 15.0 Å². The second-order valence-electron chi connectivity index (χ2n) is 5.87. The number of amides is 2. The van der Waals surface area contributed by atoms with Gasteiger partial charge in [0.25, 0.3) is 0 Å². The van der Waals surface area contributed by atoms with Crippen LogP contribution >= 0.6 is 15.9 Å². The third-order valence-electron chi connectivity index (χ3n) is 3.85. The summed E-state index contributed by atoms with van der Waals surface area (Å²) in [6, 6.07) is 13.3. The predicted octanol–water partition coefficient (Wildman–Crippen LogP) is 3.52. The van der Waals surface area contributed by atoms with E-state index in [1.807, 2.05) is 31.2 Å². The second-order valence-corrected chi connectivity index (χ2v) is 6.78. The highest BCUT2D eigenvalue weighted by molar-refractivity contribution is 9.10. The number of carbonyl (C=O) groups is 2. The largest absolute Gasteiger partial charge is 0.493 e. The number of likely N-dealkylation sites (N-methyl/N-ethyl adjacent to an activating group) is 1. The van der Waals surface area contributed by atoms with Crippen LogP contribution in [-0.2, 0) is 16.1 Å². The van der Waals surface area contributed by atoms with Gasteiger partial charge in [0.05, 0.1) is 19.6 Å². The molecule has 0 saturated heterocycles. The lowest BCUT2D eigenvalue weighted by molar-refractivity contribution is -0.136. The van der Waals surface area contributed by atoms with Crippen LogP contribution in [0.5, 0.6) is 5.75 Å². The van der Waals surface area contributed by atoms with Crippen LogP contribution in [-0.4, -0.2) is 36.4 Å². The van der Waals surface area contributed by atoms with E-state index in [4.69, 9.17) is 4.74 Å². The molecule has 0 aromatic heterocycles. The van der Waals surface area contributed by atoms with Crippen LogP contribution in [0.25, 0.3) is 0 Å². The summed E-state index contributed by atoms with van der Waals surface area (Å²) in [7, 11) is 0. The van der Waals surface area contributed by atoms with Gasteiger partial charge in [-0.3, -0.25) is 9.59 Å². The maximum atomic E-state index is 12.9. The summed E-state index contributed by atoms with van der Waals surface area (Å²) < 4.78 is 19.3. The van der Waals surface area contributed by atoms with Crippen LogP contribution in [0, 0.1) is 5.82 Å². The number of ether oxygens (including phenoxy) is 1. The summed E-state index contributed by atoms with van der Waals surface area (Å²) in [5.74, 6) is -0.0537. The minimum absolute atomic E-state index is 0.0204. The molecule has 2 amide bonds.